The normalized spacial score (nSPS) is 18.9. The molecule has 1 aromatic rings. The number of ether oxygens (including phenoxy) is 1. The predicted octanol–water partition coefficient (Wildman–Crippen LogP) is 2.99. The first-order valence-corrected chi connectivity index (χ1v) is 9.35. The van der Waals surface area contributed by atoms with Gasteiger partial charge in [-0.25, -0.2) is 0 Å². The Kier molecular flexibility index (Phi) is 8.86. The summed E-state index contributed by atoms with van der Waals surface area (Å²) >= 11 is 0. The highest BCUT2D eigenvalue weighted by Crippen LogP contribution is 2.38. The number of aryl methyl sites for hydroxylation is 1. The molecular formula is C20H32BClN2O4. The van der Waals surface area contributed by atoms with E-state index in [1.807, 2.05) is 45.9 Å². The summed E-state index contributed by atoms with van der Waals surface area (Å²) in [6, 6.07) is 10.3. The Morgan fingerprint density at radius 3 is 2.32 bits per heavy atom. The molecule has 1 aromatic carbocycles. The van der Waals surface area contributed by atoms with Gasteiger partial charge in [-0.05, 0) is 52.5 Å². The van der Waals surface area contributed by atoms with Gasteiger partial charge in [0, 0.05) is 0 Å². The van der Waals surface area contributed by atoms with Crippen LogP contribution in [-0.2, 0) is 25.3 Å². The molecule has 1 amide bonds. The Hall–Kier alpha value is -1.70. The molecule has 0 radical (unpaired) electrons. The molecule has 1 aliphatic rings. The van der Waals surface area contributed by atoms with Gasteiger partial charge in [-0.2, -0.15) is 0 Å². The van der Waals surface area contributed by atoms with Gasteiger partial charge in [-0.3, -0.25) is 4.79 Å². The molecule has 0 bridgehead atoms. The van der Waals surface area contributed by atoms with Gasteiger partial charge in [0.05, 0.1) is 24.3 Å². The second kappa shape index (κ2) is 10.2. The maximum Gasteiger partial charge on any atom is 0.481 e. The summed E-state index contributed by atoms with van der Waals surface area (Å²) < 4.78 is 17.1. The summed E-state index contributed by atoms with van der Waals surface area (Å²) in [5.41, 5.74) is 6.09. The fourth-order valence-electron chi connectivity index (χ4n) is 2.93. The van der Waals surface area contributed by atoms with Gasteiger partial charge in [-0.15, -0.1) is 12.4 Å². The van der Waals surface area contributed by atoms with Crippen molar-refractivity contribution in [3.63, 3.8) is 0 Å². The number of nitrogens with two attached hydrogens (primary N) is 1. The number of rotatable bonds is 8. The highest BCUT2D eigenvalue weighted by Gasteiger charge is 2.54. The van der Waals surface area contributed by atoms with Crippen LogP contribution in [0.15, 0.2) is 42.3 Å². The van der Waals surface area contributed by atoms with Crippen molar-refractivity contribution in [3.8, 4) is 0 Å². The van der Waals surface area contributed by atoms with E-state index in [0.29, 0.717) is 6.42 Å². The third-order valence-corrected chi connectivity index (χ3v) is 5.25. The first kappa shape index (κ1) is 24.3. The fourth-order valence-corrected chi connectivity index (χ4v) is 2.93. The van der Waals surface area contributed by atoms with Crippen molar-refractivity contribution in [3.05, 3.63) is 47.9 Å². The Bertz CT molecular complexity index is 651. The van der Waals surface area contributed by atoms with Crippen molar-refractivity contribution >= 4 is 25.4 Å². The van der Waals surface area contributed by atoms with Crippen molar-refractivity contribution in [1.29, 1.82) is 0 Å². The number of methoxy groups -OCH3 is 1. The summed E-state index contributed by atoms with van der Waals surface area (Å²) in [4.78, 5) is 12.4. The summed E-state index contributed by atoms with van der Waals surface area (Å²) in [6.07, 6.45) is 3.72. The first-order chi connectivity index (χ1) is 12.7. The van der Waals surface area contributed by atoms with Crippen LogP contribution in [0.25, 0.3) is 0 Å². The number of halogens is 1. The molecule has 1 aliphatic heterocycles. The largest absolute Gasteiger partial charge is 0.502 e. The number of amides is 1. The minimum Gasteiger partial charge on any atom is -0.502 e. The van der Waals surface area contributed by atoms with Crippen LogP contribution in [0.2, 0.25) is 0 Å². The van der Waals surface area contributed by atoms with E-state index in [2.05, 4.69) is 17.4 Å². The zero-order valence-electron chi connectivity index (χ0n) is 17.4. The van der Waals surface area contributed by atoms with Crippen molar-refractivity contribution in [1.82, 2.24) is 5.32 Å². The Morgan fingerprint density at radius 1 is 1.21 bits per heavy atom. The molecule has 0 spiro atoms. The van der Waals surface area contributed by atoms with Crippen LogP contribution in [0.1, 0.15) is 46.1 Å². The highest BCUT2D eigenvalue weighted by molar-refractivity contribution is 6.48. The molecule has 6 nitrogen and oxygen atoms in total. The number of nitrogens with one attached hydrogen (secondary N) is 1. The minimum atomic E-state index is -0.537. The molecule has 156 valence electrons. The molecule has 0 aliphatic carbocycles. The lowest BCUT2D eigenvalue weighted by molar-refractivity contribution is -0.118. The molecule has 3 N–H and O–H groups in total. The summed E-state index contributed by atoms with van der Waals surface area (Å²) in [5.74, 6) is -0.706. The summed E-state index contributed by atoms with van der Waals surface area (Å²) in [5, 5.41) is 2.94. The zero-order chi connectivity index (χ0) is 20.1. The molecule has 28 heavy (non-hydrogen) atoms. The quantitative estimate of drug-likeness (QED) is 0.391. The SMILES string of the molecule is CO/C=C(\N)C(=O)N[C@@H](CCCc1ccccc1)B1OC(C)(C)C(C)(C)O1.Cl. The van der Waals surface area contributed by atoms with Gasteiger partial charge in [0.1, 0.15) is 12.0 Å². The van der Waals surface area contributed by atoms with E-state index in [4.69, 9.17) is 19.8 Å². The van der Waals surface area contributed by atoms with E-state index in [0.717, 1.165) is 12.8 Å². The van der Waals surface area contributed by atoms with Gasteiger partial charge in [0.2, 0.25) is 0 Å². The van der Waals surface area contributed by atoms with E-state index in [9.17, 15) is 4.79 Å². The smallest absolute Gasteiger partial charge is 0.481 e. The van der Waals surface area contributed by atoms with Crippen molar-refractivity contribution < 1.29 is 18.8 Å². The molecule has 0 saturated carbocycles. The van der Waals surface area contributed by atoms with Crippen molar-refractivity contribution in [2.45, 2.75) is 64.1 Å². The molecular weight excluding hydrogens is 378 g/mol. The second-order valence-corrected chi connectivity index (χ2v) is 7.89. The van der Waals surface area contributed by atoms with Crippen molar-refractivity contribution in [2.75, 3.05) is 7.11 Å². The van der Waals surface area contributed by atoms with Crippen LogP contribution in [-0.4, -0.2) is 37.3 Å². The Labute approximate surface area is 174 Å². The maximum atomic E-state index is 12.4. The van der Waals surface area contributed by atoms with Crippen LogP contribution in [0.4, 0.5) is 0 Å². The number of hydrogen-bond donors (Lipinski definition) is 2. The van der Waals surface area contributed by atoms with E-state index >= 15 is 0 Å². The summed E-state index contributed by atoms with van der Waals surface area (Å²) in [7, 11) is 0.913. The Morgan fingerprint density at radius 2 is 1.79 bits per heavy atom. The number of carbonyl (C=O) groups is 1. The summed E-state index contributed by atoms with van der Waals surface area (Å²) in [6.45, 7) is 7.98. The molecule has 2 rings (SSSR count). The monoisotopic (exact) mass is 410 g/mol. The average molecular weight is 411 g/mol. The standard InChI is InChI=1S/C20H31BN2O4.ClH/c1-19(2)20(3,4)27-21(26-19)17(23-18(24)16(22)14-25-5)13-9-12-15-10-7-6-8-11-15;/h6-8,10-11,14,17H,9,12-13,22H2,1-5H3,(H,23,24);1H/b16-14-;/t17-;/m0./s1. The third-order valence-electron chi connectivity index (χ3n) is 5.25. The lowest BCUT2D eigenvalue weighted by atomic mass is 9.75. The molecule has 8 heteroatoms. The topological polar surface area (TPSA) is 82.8 Å². The predicted molar refractivity (Wildman–Crippen MR) is 114 cm³/mol. The molecule has 1 saturated heterocycles. The molecule has 0 unspecified atom stereocenters. The molecule has 1 atom stereocenters. The van der Waals surface area contributed by atoms with E-state index in [1.54, 1.807) is 0 Å². The minimum absolute atomic E-state index is 0. The van der Waals surface area contributed by atoms with Crippen LogP contribution in [0.3, 0.4) is 0 Å². The van der Waals surface area contributed by atoms with Gasteiger partial charge < -0.3 is 25.1 Å². The van der Waals surface area contributed by atoms with Gasteiger partial charge in [0.15, 0.2) is 0 Å². The van der Waals surface area contributed by atoms with Crippen LogP contribution >= 0.6 is 12.4 Å². The van der Waals surface area contributed by atoms with Crippen molar-refractivity contribution in [2.24, 2.45) is 5.73 Å². The van der Waals surface area contributed by atoms with E-state index < -0.39 is 24.2 Å². The number of hydrogen-bond acceptors (Lipinski definition) is 5. The van der Waals surface area contributed by atoms with Gasteiger partial charge >= 0.3 is 7.12 Å². The van der Waals surface area contributed by atoms with Crippen LogP contribution < -0.4 is 11.1 Å². The lowest BCUT2D eigenvalue weighted by Gasteiger charge is -2.32. The lowest BCUT2D eigenvalue weighted by Crippen LogP contribution is -2.49. The van der Waals surface area contributed by atoms with Crippen LogP contribution in [0, 0.1) is 0 Å². The average Bonchev–Trinajstić information content (AvgIpc) is 2.82. The van der Waals surface area contributed by atoms with E-state index in [1.165, 1.54) is 18.9 Å². The zero-order valence-corrected chi connectivity index (χ0v) is 18.2. The van der Waals surface area contributed by atoms with Gasteiger partial charge in [-0.1, -0.05) is 30.3 Å². The molecule has 1 fully saturated rings. The number of benzene rings is 1. The second-order valence-electron chi connectivity index (χ2n) is 7.89. The maximum absolute atomic E-state index is 12.4. The van der Waals surface area contributed by atoms with Gasteiger partial charge in [0.25, 0.3) is 5.91 Å². The fraction of sp³-hybridized carbons (Fsp3) is 0.550. The Balaban J connectivity index is 0.00000392. The first-order valence-electron chi connectivity index (χ1n) is 9.35. The van der Waals surface area contributed by atoms with Crippen LogP contribution in [0.5, 0.6) is 0 Å². The molecule has 1 heterocycles. The third kappa shape index (κ3) is 6.16. The van der Waals surface area contributed by atoms with E-state index in [-0.39, 0.29) is 24.0 Å². The number of carbonyl (C=O) groups excluding carboxylic acids is 1. The highest BCUT2D eigenvalue weighted by atomic mass is 35.5. The molecule has 0 aromatic heterocycles.